The van der Waals surface area contributed by atoms with Crippen molar-refractivity contribution in [1.29, 1.82) is 0 Å². The van der Waals surface area contributed by atoms with Gasteiger partial charge in [0, 0.05) is 19.3 Å². The second-order valence-corrected chi connectivity index (χ2v) is 18.8. The molecular formula is C63H106O6. The number of unbranched alkanes of at least 4 members (excludes halogenated alkanes) is 24. The van der Waals surface area contributed by atoms with E-state index in [-0.39, 0.29) is 37.5 Å². The summed E-state index contributed by atoms with van der Waals surface area (Å²) in [5.74, 6) is -0.975. The maximum atomic E-state index is 12.8. The maximum absolute atomic E-state index is 12.8. The van der Waals surface area contributed by atoms with Crippen LogP contribution in [0.25, 0.3) is 0 Å². The second-order valence-electron chi connectivity index (χ2n) is 18.8. The average Bonchev–Trinajstić information content (AvgIpc) is 3.35. The fraction of sp³-hybridized carbons (Fsp3) is 0.698. The first-order valence-electron chi connectivity index (χ1n) is 28.7. The number of allylic oxidation sites excluding steroid dienone is 16. The van der Waals surface area contributed by atoms with Crippen molar-refractivity contribution < 1.29 is 28.6 Å². The van der Waals surface area contributed by atoms with Crippen LogP contribution in [0.1, 0.15) is 265 Å². The van der Waals surface area contributed by atoms with Gasteiger partial charge in [0.15, 0.2) is 6.10 Å². The molecule has 0 aliphatic carbocycles. The smallest absolute Gasteiger partial charge is 0.306 e. The van der Waals surface area contributed by atoms with Crippen LogP contribution in [0.3, 0.4) is 0 Å². The highest BCUT2D eigenvalue weighted by Gasteiger charge is 2.19. The molecule has 0 N–H and O–H groups in total. The maximum Gasteiger partial charge on any atom is 0.306 e. The van der Waals surface area contributed by atoms with Crippen LogP contribution in [0.4, 0.5) is 0 Å². The van der Waals surface area contributed by atoms with Gasteiger partial charge < -0.3 is 14.2 Å². The van der Waals surface area contributed by atoms with Crippen molar-refractivity contribution in [3.8, 4) is 0 Å². The second kappa shape index (κ2) is 56.9. The molecule has 0 aromatic heterocycles. The van der Waals surface area contributed by atoms with Gasteiger partial charge in [0.25, 0.3) is 0 Å². The molecule has 0 aliphatic rings. The van der Waals surface area contributed by atoms with Crippen molar-refractivity contribution in [3.63, 3.8) is 0 Å². The molecule has 0 aromatic rings. The molecule has 0 amide bonds. The molecule has 0 aromatic carbocycles. The molecular weight excluding hydrogens is 853 g/mol. The van der Waals surface area contributed by atoms with E-state index >= 15 is 0 Å². The minimum Gasteiger partial charge on any atom is -0.462 e. The molecule has 0 radical (unpaired) electrons. The van der Waals surface area contributed by atoms with E-state index < -0.39 is 6.10 Å². The van der Waals surface area contributed by atoms with E-state index in [0.29, 0.717) is 19.3 Å². The van der Waals surface area contributed by atoms with E-state index in [4.69, 9.17) is 14.2 Å². The average molecular weight is 960 g/mol. The molecule has 0 heterocycles. The van der Waals surface area contributed by atoms with Gasteiger partial charge in [-0.05, 0) is 116 Å². The lowest BCUT2D eigenvalue weighted by molar-refractivity contribution is -0.167. The third kappa shape index (κ3) is 55.1. The van der Waals surface area contributed by atoms with E-state index in [9.17, 15) is 14.4 Å². The lowest BCUT2D eigenvalue weighted by atomic mass is 10.1. The SMILES string of the molecule is CC/C=C\C/C=C\C/C=C\C/C=C\C/C=C\CCCC(=O)OC(COC(=O)CCCCCCC/C=C\CCCCCC)COC(=O)CCCCCCCCCCC/C=C\C/C=C\CCCCCCC. The molecule has 1 atom stereocenters. The van der Waals surface area contributed by atoms with Crippen LogP contribution < -0.4 is 0 Å². The van der Waals surface area contributed by atoms with Gasteiger partial charge in [-0.2, -0.15) is 0 Å². The Labute approximate surface area is 426 Å². The summed E-state index contributed by atoms with van der Waals surface area (Å²) in [4.78, 5) is 38.1. The summed E-state index contributed by atoms with van der Waals surface area (Å²) >= 11 is 0. The number of esters is 3. The number of carbonyl (C=O) groups is 3. The van der Waals surface area contributed by atoms with Crippen LogP contribution in [0.15, 0.2) is 97.2 Å². The Morgan fingerprint density at radius 2 is 0.580 bits per heavy atom. The van der Waals surface area contributed by atoms with Gasteiger partial charge in [-0.15, -0.1) is 0 Å². The third-order valence-electron chi connectivity index (χ3n) is 12.0. The molecule has 0 saturated carbocycles. The molecule has 69 heavy (non-hydrogen) atoms. The summed E-state index contributed by atoms with van der Waals surface area (Å²) in [6.45, 7) is 6.45. The van der Waals surface area contributed by atoms with Gasteiger partial charge in [-0.3, -0.25) is 14.4 Å². The highest BCUT2D eigenvalue weighted by Crippen LogP contribution is 2.14. The summed E-state index contributed by atoms with van der Waals surface area (Å²) < 4.78 is 16.8. The molecule has 394 valence electrons. The van der Waals surface area contributed by atoms with Gasteiger partial charge in [0.1, 0.15) is 13.2 Å². The van der Waals surface area contributed by atoms with E-state index in [2.05, 4.69) is 118 Å². The van der Waals surface area contributed by atoms with Crippen LogP contribution in [0, 0.1) is 0 Å². The Morgan fingerprint density at radius 1 is 0.304 bits per heavy atom. The third-order valence-corrected chi connectivity index (χ3v) is 12.0. The minimum absolute atomic E-state index is 0.105. The fourth-order valence-electron chi connectivity index (χ4n) is 7.74. The highest BCUT2D eigenvalue weighted by atomic mass is 16.6. The van der Waals surface area contributed by atoms with Gasteiger partial charge in [0.05, 0.1) is 0 Å². The quantitative estimate of drug-likeness (QED) is 0.0262. The van der Waals surface area contributed by atoms with Crippen molar-refractivity contribution in [2.75, 3.05) is 13.2 Å². The van der Waals surface area contributed by atoms with Crippen LogP contribution in [0.2, 0.25) is 0 Å². The predicted molar refractivity (Wildman–Crippen MR) is 297 cm³/mol. The molecule has 0 aliphatic heterocycles. The Balaban J connectivity index is 4.45. The summed E-state index contributed by atoms with van der Waals surface area (Å²) in [5.41, 5.74) is 0. The lowest BCUT2D eigenvalue weighted by Gasteiger charge is -2.18. The molecule has 0 fully saturated rings. The minimum atomic E-state index is -0.813. The van der Waals surface area contributed by atoms with Crippen molar-refractivity contribution in [2.24, 2.45) is 0 Å². The van der Waals surface area contributed by atoms with Crippen molar-refractivity contribution in [1.82, 2.24) is 0 Å². The fourth-order valence-corrected chi connectivity index (χ4v) is 7.74. The zero-order valence-corrected chi connectivity index (χ0v) is 45.0. The topological polar surface area (TPSA) is 78.9 Å². The van der Waals surface area contributed by atoms with Gasteiger partial charge in [-0.25, -0.2) is 0 Å². The van der Waals surface area contributed by atoms with Crippen molar-refractivity contribution in [2.45, 2.75) is 271 Å². The molecule has 0 saturated heterocycles. The van der Waals surface area contributed by atoms with Crippen LogP contribution in [-0.2, 0) is 28.6 Å². The zero-order valence-electron chi connectivity index (χ0n) is 45.0. The number of hydrogen-bond acceptors (Lipinski definition) is 6. The van der Waals surface area contributed by atoms with Gasteiger partial charge in [0.2, 0.25) is 0 Å². The van der Waals surface area contributed by atoms with Crippen molar-refractivity contribution in [3.05, 3.63) is 97.2 Å². The molecule has 1 unspecified atom stereocenters. The summed E-state index contributed by atoms with van der Waals surface area (Å²) in [6, 6.07) is 0. The summed E-state index contributed by atoms with van der Waals surface area (Å²) in [5, 5.41) is 0. The first kappa shape index (κ1) is 65.3. The first-order chi connectivity index (χ1) is 34.0. The zero-order chi connectivity index (χ0) is 50.0. The first-order valence-corrected chi connectivity index (χ1v) is 28.7. The number of rotatable bonds is 51. The normalized spacial score (nSPS) is 12.8. The van der Waals surface area contributed by atoms with Crippen LogP contribution in [-0.4, -0.2) is 37.2 Å². The molecule has 6 nitrogen and oxygen atoms in total. The Kier molecular flexibility index (Phi) is 53.9. The van der Waals surface area contributed by atoms with Crippen molar-refractivity contribution >= 4 is 17.9 Å². The molecule has 0 spiro atoms. The largest absolute Gasteiger partial charge is 0.462 e. The van der Waals surface area contributed by atoms with Crippen LogP contribution >= 0.6 is 0 Å². The summed E-state index contributed by atoms with van der Waals surface area (Å²) in [7, 11) is 0. The van der Waals surface area contributed by atoms with E-state index in [1.807, 2.05) is 0 Å². The van der Waals surface area contributed by atoms with Crippen LogP contribution in [0.5, 0.6) is 0 Å². The Bertz CT molecular complexity index is 1380. The number of carbonyl (C=O) groups excluding carboxylic acids is 3. The monoisotopic (exact) mass is 959 g/mol. The molecule has 6 heteroatoms. The van der Waals surface area contributed by atoms with E-state index in [1.54, 1.807) is 0 Å². The Hall–Kier alpha value is -3.67. The number of ether oxygens (including phenoxy) is 3. The van der Waals surface area contributed by atoms with Gasteiger partial charge in [-0.1, -0.05) is 227 Å². The highest BCUT2D eigenvalue weighted by molar-refractivity contribution is 5.71. The standard InChI is InChI=1S/C63H106O6/c1-4-7-10-13-16-19-22-25-27-29-30-31-32-34-35-38-41-44-47-50-53-56-62(65)68-59-60(58-67-61(64)55-52-49-46-43-40-37-24-21-18-15-12-9-6-3)69-63(66)57-54-51-48-45-42-39-36-33-28-26-23-20-17-14-11-8-5-2/h8,11,17,20-22,24-26,28-30,36,39,45,48,60H,4-7,9-10,12-16,18-19,23,27,31-35,37-38,40-44,46-47,49-59H2,1-3H3/b11-8-,20-17-,24-21-,25-22-,28-26-,30-29-,39-36-,48-45-. The Morgan fingerprint density at radius 3 is 0.957 bits per heavy atom. The van der Waals surface area contributed by atoms with E-state index in [0.717, 1.165) is 96.3 Å². The molecule has 0 bridgehead atoms. The van der Waals surface area contributed by atoms with E-state index in [1.165, 1.54) is 122 Å². The lowest BCUT2D eigenvalue weighted by Crippen LogP contribution is -2.30. The molecule has 0 rings (SSSR count). The number of hydrogen-bond donors (Lipinski definition) is 0. The summed E-state index contributed by atoms with van der Waals surface area (Å²) in [6.07, 6.45) is 75.4. The van der Waals surface area contributed by atoms with Gasteiger partial charge >= 0.3 is 17.9 Å². The predicted octanol–water partition coefficient (Wildman–Crippen LogP) is 19.3.